The van der Waals surface area contributed by atoms with Crippen molar-refractivity contribution in [1.29, 1.82) is 5.26 Å². The van der Waals surface area contributed by atoms with Crippen LogP contribution in [0, 0.1) is 11.3 Å². The van der Waals surface area contributed by atoms with Gasteiger partial charge in [-0.3, -0.25) is 0 Å². The minimum atomic E-state index is 0.538. The third kappa shape index (κ3) is 4.21. The molecule has 0 unspecified atom stereocenters. The topological polar surface area (TPSA) is 86.5 Å². The highest BCUT2D eigenvalue weighted by Gasteiger charge is 2.27. The maximum atomic E-state index is 8.83. The lowest BCUT2D eigenvalue weighted by molar-refractivity contribution is 0.994. The molecule has 2 heterocycles. The number of halogens is 1. The van der Waals surface area contributed by atoms with Crippen molar-refractivity contribution in [3.8, 4) is 17.5 Å². The molecule has 0 bridgehead atoms. The molecule has 1 aliphatic rings. The predicted octanol–water partition coefficient (Wildman–Crippen LogP) is 4.47. The van der Waals surface area contributed by atoms with E-state index in [0.717, 1.165) is 22.8 Å². The molecule has 4 rings (SSSR count). The number of nitrogens with one attached hydrogen (secondary N) is 2. The van der Waals surface area contributed by atoms with E-state index in [4.69, 9.17) is 21.8 Å². The van der Waals surface area contributed by atoms with Gasteiger partial charge in [-0.25, -0.2) is 15.0 Å². The number of pyridine rings is 1. The molecular weight excluding hydrogens is 372 g/mol. The summed E-state index contributed by atoms with van der Waals surface area (Å²) in [6, 6.07) is 13.2. The Labute approximate surface area is 168 Å². The molecule has 1 saturated carbocycles. The zero-order valence-electron chi connectivity index (χ0n) is 15.2. The summed E-state index contributed by atoms with van der Waals surface area (Å²) in [6.45, 7) is 1.36. The van der Waals surface area contributed by atoms with Crippen molar-refractivity contribution < 1.29 is 0 Å². The average molecular weight is 391 g/mol. The predicted molar refractivity (Wildman–Crippen MR) is 110 cm³/mol. The first-order chi connectivity index (χ1) is 13.7. The lowest BCUT2D eigenvalue weighted by Gasteiger charge is -2.13. The first-order valence-corrected chi connectivity index (χ1v) is 9.58. The summed E-state index contributed by atoms with van der Waals surface area (Å²) < 4.78 is 0. The monoisotopic (exact) mass is 390 g/mol. The van der Waals surface area contributed by atoms with E-state index in [9.17, 15) is 0 Å². The highest BCUT2D eigenvalue weighted by atomic mass is 35.5. The van der Waals surface area contributed by atoms with Gasteiger partial charge in [-0.15, -0.1) is 0 Å². The second-order valence-electron chi connectivity index (χ2n) is 6.65. The zero-order valence-corrected chi connectivity index (χ0v) is 15.9. The second kappa shape index (κ2) is 8.24. The van der Waals surface area contributed by atoms with Crippen molar-refractivity contribution >= 4 is 23.2 Å². The van der Waals surface area contributed by atoms with Gasteiger partial charge < -0.3 is 10.6 Å². The maximum absolute atomic E-state index is 8.83. The Kier molecular flexibility index (Phi) is 5.36. The molecule has 2 N–H and O–H groups in total. The molecule has 0 aliphatic heterocycles. The molecule has 0 atom stereocenters. The van der Waals surface area contributed by atoms with Gasteiger partial charge in [0.15, 0.2) is 5.82 Å². The standard InChI is InChI=1S/C21H19ClN6/c22-18-4-2-1-3-16(18)20-27-13-17(15-6-7-15)21(28-20)25-10-9-24-19-8-5-14(11-23)12-26-19/h1-5,8,12-13,15H,6-7,9-10H2,(H,24,26)(H,25,27,28). The van der Waals surface area contributed by atoms with E-state index in [2.05, 4.69) is 26.7 Å². The van der Waals surface area contributed by atoms with E-state index in [1.807, 2.05) is 30.5 Å². The average Bonchev–Trinajstić information content (AvgIpc) is 3.57. The smallest absolute Gasteiger partial charge is 0.163 e. The fourth-order valence-electron chi connectivity index (χ4n) is 2.93. The van der Waals surface area contributed by atoms with Crippen LogP contribution in [0.25, 0.3) is 11.4 Å². The first kappa shape index (κ1) is 18.2. The molecule has 1 aliphatic carbocycles. The molecule has 28 heavy (non-hydrogen) atoms. The Morgan fingerprint density at radius 2 is 1.86 bits per heavy atom. The highest BCUT2D eigenvalue weighted by Crippen LogP contribution is 2.43. The van der Waals surface area contributed by atoms with Gasteiger partial charge in [-0.2, -0.15) is 5.26 Å². The Morgan fingerprint density at radius 1 is 1.04 bits per heavy atom. The highest BCUT2D eigenvalue weighted by molar-refractivity contribution is 6.33. The Hall–Kier alpha value is -3.17. The van der Waals surface area contributed by atoms with Crippen LogP contribution in [0.15, 0.2) is 48.8 Å². The number of nitrogens with zero attached hydrogens (tertiary/aromatic N) is 4. The van der Waals surface area contributed by atoms with E-state index < -0.39 is 0 Å². The number of hydrogen-bond donors (Lipinski definition) is 2. The van der Waals surface area contributed by atoms with E-state index in [0.29, 0.717) is 35.4 Å². The third-order valence-corrected chi connectivity index (χ3v) is 4.89. The normalized spacial score (nSPS) is 13.0. The molecular formula is C21H19ClN6. The molecule has 3 aromatic rings. The summed E-state index contributed by atoms with van der Waals surface area (Å²) in [4.78, 5) is 13.5. The summed E-state index contributed by atoms with van der Waals surface area (Å²) in [5.41, 5.74) is 2.53. The minimum absolute atomic E-state index is 0.538. The van der Waals surface area contributed by atoms with Crippen molar-refractivity contribution in [3.63, 3.8) is 0 Å². The number of aromatic nitrogens is 3. The van der Waals surface area contributed by atoms with Gasteiger partial charge >= 0.3 is 0 Å². The van der Waals surface area contributed by atoms with Crippen LogP contribution in [0.3, 0.4) is 0 Å². The Bertz CT molecular complexity index is 1010. The van der Waals surface area contributed by atoms with Gasteiger partial charge in [0.05, 0.1) is 10.6 Å². The Balaban J connectivity index is 1.44. The summed E-state index contributed by atoms with van der Waals surface area (Å²) in [6.07, 6.45) is 5.83. The molecule has 0 saturated heterocycles. The second-order valence-corrected chi connectivity index (χ2v) is 7.06. The van der Waals surface area contributed by atoms with E-state index in [1.54, 1.807) is 18.3 Å². The van der Waals surface area contributed by atoms with Crippen molar-refractivity contribution in [2.24, 2.45) is 0 Å². The van der Waals surface area contributed by atoms with E-state index >= 15 is 0 Å². The van der Waals surface area contributed by atoms with Crippen LogP contribution in [0.4, 0.5) is 11.6 Å². The SMILES string of the molecule is N#Cc1ccc(NCCNc2nc(-c3ccccc3Cl)ncc2C2CC2)nc1. The van der Waals surface area contributed by atoms with Gasteiger partial charge in [0.2, 0.25) is 0 Å². The van der Waals surface area contributed by atoms with Gasteiger partial charge in [-0.05, 0) is 43.0 Å². The fourth-order valence-corrected chi connectivity index (χ4v) is 3.15. The molecule has 0 spiro atoms. The summed E-state index contributed by atoms with van der Waals surface area (Å²) >= 11 is 6.30. The largest absolute Gasteiger partial charge is 0.368 e. The molecule has 0 radical (unpaired) electrons. The van der Waals surface area contributed by atoms with Crippen LogP contribution in [-0.4, -0.2) is 28.0 Å². The molecule has 1 aromatic carbocycles. The van der Waals surface area contributed by atoms with Crippen LogP contribution in [0.1, 0.15) is 29.9 Å². The molecule has 1 fully saturated rings. The van der Waals surface area contributed by atoms with E-state index in [1.165, 1.54) is 12.8 Å². The van der Waals surface area contributed by atoms with E-state index in [-0.39, 0.29) is 0 Å². The number of anilines is 2. The molecule has 6 nitrogen and oxygen atoms in total. The van der Waals surface area contributed by atoms with Gasteiger partial charge in [0, 0.05) is 36.6 Å². The van der Waals surface area contributed by atoms with Gasteiger partial charge in [0.25, 0.3) is 0 Å². The van der Waals surface area contributed by atoms with Crippen LogP contribution >= 0.6 is 11.6 Å². The first-order valence-electron chi connectivity index (χ1n) is 9.20. The summed E-state index contributed by atoms with van der Waals surface area (Å²) in [5.74, 6) is 2.76. The van der Waals surface area contributed by atoms with Crippen LogP contribution < -0.4 is 10.6 Å². The molecule has 140 valence electrons. The third-order valence-electron chi connectivity index (χ3n) is 4.57. The number of benzene rings is 1. The molecule has 0 amide bonds. The lowest BCUT2D eigenvalue weighted by atomic mass is 10.1. The van der Waals surface area contributed by atoms with Crippen LogP contribution in [-0.2, 0) is 0 Å². The summed E-state index contributed by atoms with van der Waals surface area (Å²) in [5, 5.41) is 16.1. The van der Waals surface area contributed by atoms with Crippen LogP contribution in [0.2, 0.25) is 5.02 Å². The minimum Gasteiger partial charge on any atom is -0.368 e. The number of rotatable bonds is 7. The van der Waals surface area contributed by atoms with Crippen molar-refractivity contribution in [1.82, 2.24) is 15.0 Å². The van der Waals surface area contributed by atoms with Crippen molar-refractivity contribution in [2.45, 2.75) is 18.8 Å². The zero-order chi connectivity index (χ0) is 19.3. The lowest BCUT2D eigenvalue weighted by Crippen LogP contribution is -2.16. The number of hydrogen-bond acceptors (Lipinski definition) is 6. The van der Waals surface area contributed by atoms with Gasteiger partial charge in [0.1, 0.15) is 17.7 Å². The van der Waals surface area contributed by atoms with Crippen molar-refractivity contribution in [2.75, 3.05) is 23.7 Å². The summed E-state index contributed by atoms with van der Waals surface area (Å²) in [7, 11) is 0. The fraction of sp³-hybridized carbons (Fsp3) is 0.238. The van der Waals surface area contributed by atoms with Crippen molar-refractivity contribution in [3.05, 3.63) is 64.9 Å². The Morgan fingerprint density at radius 3 is 2.57 bits per heavy atom. The van der Waals surface area contributed by atoms with Gasteiger partial charge in [-0.1, -0.05) is 23.7 Å². The molecule has 7 heteroatoms. The maximum Gasteiger partial charge on any atom is 0.163 e. The quantitative estimate of drug-likeness (QED) is 0.579. The van der Waals surface area contributed by atoms with Crippen LogP contribution in [0.5, 0.6) is 0 Å². The number of nitriles is 1. The molecule has 2 aromatic heterocycles.